The number of morpholine rings is 1. The van der Waals surface area contributed by atoms with Gasteiger partial charge in [-0.05, 0) is 47.6 Å². The molecule has 3 aromatic carbocycles. The van der Waals surface area contributed by atoms with Crippen LogP contribution in [0.25, 0.3) is 10.8 Å². The number of nitrogens with zero attached hydrogens (tertiary/aromatic N) is 6. The summed E-state index contributed by atoms with van der Waals surface area (Å²) in [5, 5.41) is 11.9. The van der Waals surface area contributed by atoms with Gasteiger partial charge in [0.1, 0.15) is 18.2 Å². The van der Waals surface area contributed by atoms with Gasteiger partial charge in [-0.25, -0.2) is 4.79 Å². The molecular weight excluding hydrogens is 780 g/mol. The van der Waals surface area contributed by atoms with Gasteiger partial charge < -0.3 is 38.2 Å². The number of methoxy groups -OCH3 is 1. The van der Waals surface area contributed by atoms with Crippen molar-refractivity contribution in [3.05, 3.63) is 87.5 Å². The number of piperazine rings is 1. The number of hydrogen-bond acceptors (Lipinski definition) is 12. The van der Waals surface area contributed by atoms with Gasteiger partial charge in [0.15, 0.2) is 6.79 Å². The lowest BCUT2D eigenvalue weighted by atomic mass is 9.94. The molecular formula is C42H47BrN6O7. The Kier molecular flexibility index (Phi) is 11.9. The molecule has 1 aliphatic carbocycles. The molecule has 2 saturated heterocycles. The van der Waals surface area contributed by atoms with Crippen LogP contribution in [0.3, 0.4) is 0 Å². The van der Waals surface area contributed by atoms with E-state index >= 15 is 0 Å². The van der Waals surface area contributed by atoms with Gasteiger partial charge in [0.2, 0.25) is 0 Å². The van der Waals surface area contributed by atoms with Crippen LogP contribution in [0.5, 0.6) is 11.8 Å². The highest BCUT2D eigenvalue weighted by molar-refractivity contribution is 9.10. The number of rotatable bonds is 13. The second-order valence-corrected chi connectivity index (χ2v) is 15.9. The van der Waals surface area contributed by atoms with E-state index in [1.165, 1.54) is 0 Å². The van der Waals surface area contributed by atoms with Crippen molar-refractivity contribution in [3.8, 4) is 17.8 Å². The fourth-order valence-corrected chi connectivity index (χ4v) is 8.56. The molecule has 13 nitrogen and oxygen atoms in total. The van der Waals surface area contributed by atoms with E-state index in [1.807, 2.05) is 54.6 Å². The van der Waals surface area contributed by atoms with Crippen molar-refractivity contribution >= 4 is 38.6 Å². The average Bonchev–Trinajstić information content (AvgIpc) is 4.00. The summed E-state index contributed by atoms with van der Waals surface area (Å²) < 4.78 is 36.6. The fraction of sp³-hybridized carbons (Fsp3) is 0.476. The maximum Gasteiger partial charge on any atom is 0.410 e. The maximum absolute atomic E-state index is 13.4. The molecule has 1 aromatic heterocycles. The topological polar surface area (TPSA) is 132 Å². The Morgan fingerprint density at radius 1 is 1.04 bits per heavy atom. The first-order valence-electron chi connectivity index (χ1n) is 19.3. The van der Waals surface area contributed by atoms with Crippen LogP contribution < -0.4 is 14.4 Å². The van der Waals surface area contributed by atoms with Crippen molar-refractivity contribution in [2.75, 3.05) is 77.9 Å². The molecule has 1 saturated carbocycles. The Morgan fingerprint density at radius 3 is 2.66 bits per heavy atom. The number of benzene rings is 3. The van der Waals surface area contributed by atoms with E-state index in [0.717, 1.165) is 83.3 Å². The van der Waals surface area contributed by atoms with Crippen LogP contribution in [0.15, 0.2) is 65.1 Å². The lowest BCUT2D eigenvalue weighted by molar-refractivity contribution is 0.0220. The van der Waals surface area contributed by atoms with Crippen LogP contribution in [0.2, 0.25) is 0 Å². The standard InChI is InChI=1S/C42H47BrN6O7/c1-51-28-56-32-20-30-8-5-9-35(43)38(30)33(21-32)37-22-36-34(25-53-37)39(46-40(45-36)55-27-42(11-12-42)26-47-16-18-52-19-17-47)48-14-15-49(31(23-48)10-13-44)41(50)54-24-29-6-3-2-4-7-29/h2-9,20-21,31,37H,10-12,14-19,22-28H2,1H3/t31-,37?/m0/s1. The Morgan fingerprint density at radius 2 is 1.88 bits per heavy atom. The average molecular weight is 828 g/mol. The minimum atomic E-state index is -0.432. The first-order chi connectivity index (χ1) is 27.4. The Bertz CT molecular complexity index is 2060. The second-order valence-electron chi connectivity index (χ2n) is 15.0. The third kappa shape index (κ3) is 8.72. The predicted molar refractivity (Wildman–Crippen MR) is 211 cm³/mol. The Hall–Kier alpha value is -4.52. The molecule has 3 fully saturated rings. The van der Waals surface area contributed by atoms with Crippen molar-refractivity contribution in [1.29, 1.82) is 5.26 Å². The van der Waals surface area contributed by atoms with Crippen molar-refractivity contribution in [3.63, 3.8) is 0 Å². The molecule has 14 heteroatoms. The second kappa shape index (κ2) is 17.3. The lowest BCUT2D eigenvalue weighted by Gasteiger charge is -2.41. The van der Waals surface area contributed by atoms with Gasteiger partial charge in [0.05, 0.1) is 56.8 Å². The third-order valence-electron chi connectivity index (χ3n) is 11.2. The van der Waals surface area contributed by atoms with Gasteiger partial charge >= 0.3 is 12.1 Å². The third-order valence-corrected chi connectivity index (χ3v) is 11.8. The van der Waals surface area contributed by atoms with Gasteiger partial charge in [-0.1, -0.05) is 58.4 Å². The highest BCUT2D eigenvalue weighted by Gasteiger charge is 2.45. The minimum Gasteiger partial charge on any atom is -0.468 e. The molecule has 4 heterocycles. The van der Waals surface area contributed by atoms with E-state index in [4.69, 9.17) is 38.4 Å². The first-order valence-corrected chi connectivity index (χ1v) is 20.1. The lowest BCUT2D eigenvalue weighted by Crippen LogP contribution is -2.55. The number of hydrogen-bond donors (Lipinski definition) is 0. The number of carbonyl (C=O) groups is 1. The molecule has 4 aromatic rings. The van der Waals surface area contributed by atoms with Crippen molar-refractivity contribution < 1.29 is 33.2 Å². The minimum absolute atomic E-state index is 0.0693. The molecule has 56 heavy (non-hydrogen) atoms. The summed E-state index contributed by atoms with van der Waals surface area (Å²) in [6.45, 7) is 6.70. The van der Waals surface area contributed by atoms with E-state index in [0.29, 0.717) is 50.2 Å². The highest BCUT2D eigenvalue weighted by Crippen LogP contribution is 2.47. The van der Waals surface area contributed by atoms with Crippen LogP contribution >= 0.6 is 15.9 Å². The van der Waals surface area contributed by atoms with Gasteiger partial charge in [-0.15, -0.1) is 0 Å². The first kappa shape index (κ1) is 38.4. The highest BCUT2D eigenvalue weighted by atomic mass is 79.9. The number of aromatic nitrogens is 2. The van der Waals surface area contributed by atoms with Crippen molar-refractivity contribution in [2.24, 2.45) is 5.41 Å². The SMILES string of the molecule is COCOc1cc(C2Cc3nc(OCC4(CN5CCOCC5)CC4)nc(N4CCN(C(=O)OCc5ccccc5)[C@@H](CC#N)C4)c3CO2)c2c(Br)cccc2c1. The van der Waals surface area contributed by atoms with Crippen molar-refractivity contribution in [1.82, 2.24) is 19.8 Å². The molecule has 0 spiro atoms. The van der Waals surface area contributed by atoms with Crippen LogP contribution in [0.1, 0.15) is 47.8 Å². The van der Waals surface area contributed by atoms with E-state index in [-0.39, 0.29) is 37.9 Å². The molecule has 4 aliphatic rings. The van der Waals surface area contributed by atoms with E-state index in [2.05, 4.69) is 37.9 Å². The number of ether oxygens (including phenoxy) is 6. The summed E-state index contributed by atoms with van der Waals surface area (Å²) in [6, 6.07) is 21.9. The molecule has 294 valence electrons. The molecule has 1 amide bonds. The Labute approximate surface area is 335 Å². The van der Waals surface area contributed by atoms with Gasteiger partial charge in [0.25, 0.3) is 0 Å². The van der Waals surface area contributed by atoms with Gasteiger partial charge in [-0.3, -0.25) is 4.90 Å². The number of anilines is 1. The van der Waals surface area contributed by atoms with Crippen LogP contribution in [-0.4, -0.2) is 105 Å². The summed E-state index contributed by atoms with van der Waals surface area (Å²) in [7, 11) is 1.60. The van der Waals surface area contributed by atoms with Crippen LogP contribution in [-0.2, 0) is 38.6 Å². The monoisotopic (exact) mass is 826 g/mol. The summed E-state index contributed by atoms with van der Waals surface area (Å²) >= 11 is 3.79. The van der Waals surface area contributed by atoms with Crippen LogP contribution in [0, 0.1) is 16.7 Å². The number of halogens is 1. The molecule has 2 atom stereocenters. The zero-order chi connectivity index (χ0) is 38.5. The zero-order valence-corrected chi connectivity index (χ0v) is 33.2. The summed E-state index contributed by atoms with van der Waals surface area (Å²) in [5.41, 5.74) is 3.69. The zero-order valence-electron chi connectivity index (χ0n) is 31.7. The number of carbonyl (C=O) groups excluding carboxylic acids is 1. The van der Waals surface area contributed by atoms with E-state index in [9.17, 15) is 10.1 Å². The van der Waals surface area contributed by atoms with Crippen molar-refractivity contribution in [2.45, 2.75) is 51.0 Å². The van der Waals surface area contributed by atoms with Crippen LogP contribution in [0.4, 0.5) is 10.6 Å². The molecule has 0 bridgehead atoms. The summed E-state index contributed by atoms with van der Waals surface area (Å²) in [5.74, 6) is 1.40. The number of fused-ring (bicyclic) bond motifs is 2. The molecule has 1 unspecified atom stereocenters. The number of amides is 1. The van der Waals surface area contributed by atoms with Gasteiger partial charge in [0, 0.05) is 73.6 Å². The fourth-order valence-electron chi connectivity index (χ4n) is 7.95. The molecule has 0 N–H and O–H groups in total. The van der Waals surface area contributed by atoms with Gasteiger partial charge in [-0.2, -0.15) is 15.2 Å². The largest absolute Gasteiger partial charge is 0.468 e. The Balaban J connectivity index is 1.08. The smallest absolute Gasteiger partial charge is 0.410 e. The summed E-state index contributed by atoms with van der Waals surface area (Å²) in [4.78, 5) is 29.8. The molecule has 3 aliphatic heterocycles. The quantitative estimate of drug-likeness (QED) is 0.138. The predicted octanol–water partition coefficient (Wildman–Crippen LogP) is 6.42. The number of nitriles is 1. The molecule has 0 radical (unpaired) electrons. The maximum atomic E-state index is 13.4. The molecule has 8 rings (SSSR count). The summed E-state index contributed by atoms with van der Waals surface area (Å²) in [6.07, 6.45) is 2.07. The van der Waals surface area contributed by atoms with E-state index in [1.54, 1.807) is 12.0 Å². The normalized spacial score (nSPS) is 20.6. The van der Waals surface area contributed by atoms with E-state index < -0.39 is 12.1 Å².